The molecule has 2 aromatic heterocycles. The van der Waals surface area contributed by atoms with E-state index >= 15 is 0 Å². The Morgan fingerprint density at radius 2 is 2.10 bits per heavy atom. The van der Waals surface area contributed by atoms with Gasteiger partial charge in [0.1, 0.15) is 11.5 Å². The number of esters is 1. The molecule has 1 aromatic carbocycles. The molecule has 0 aliphatic heterocycles. The van der Waals surface area contributed by atoms with Crippen molar-refractivity contribution >= 4 is 17.0 Å². The second-order valence-corrected chi connectivity index (χ2v) is 4.31. The Morgan fingerprint density at radius 1 is 1.29 bits per heavy atom. The molecule has 0 bridgehead atoms. The van der Waals surface area contributed by atoms with Crippen molar-refractivity contribution in [3.05, 3.63) is 54.1 Å². The van der Waals surface area contributed by atoms with E-state index in [0.29, 0.717) is 11.0 Å². The number of hydrogen-bond donors (Lipinski definition) is 0. The molecule has 6 heteroatoms. The number of carbonyl (C=O) groups is 1. The van der Waals surface area contributed by atoms with Crippen LogP contribution in [0.25, 0.3) is 16.7 Å². The Labute approximate surface area is 120 Å². The third-order valence-electron chi connectivity index (χ3n) is 2.99. The van der Waals surface area contributed by atoms with Crippen molar-refractivity contribution in [1.82, 2.24) is 14.8 Å². The zero-order chi connectivity index (χ0) is 14.8. The van der Waals surface area contributed by atoms with Gasteiger partial charge < -0.3 is 4.74 Å². The Morgan fingerprint density at radius 3 is 2.86 bits per heavy atom. The first-order valence-corrected chi connectivity index (χ1v) is 6.48. The highest BCUT2D eigenvalue weighted by Crippen LogP contribution is 2.22. The summed E-state index contributed by atoms with van der Waals surface area (Å²) >= 11 is 0. The van der Waals surface area contributed by atoms with Crippen molar-refractivity contribution in [3.8, 4) is 5.69 Å². The van der Waals surface area contributed by atoms with Crippen LogP contribution in [0.15, 0.2) is 42.6 Å². The Hall–Kier alpha value is -2.76. The summed E-state index contributed by atoms with van der Waals surface area (Å²) in [5, 5.41) is 4.71. The van der Waals surface area contributed by atoms with E-state index in [1.165, 1.54) is 10.7 Å². The molecule has 0 saturated heterocycles. The van der Waals surface area contributed by atoms with Gasteiger partial charge in [-0.3, -0.25) is 0 Å². The van der Waals surface area contributed by atoms with Gasteiger partial charge in [-0.25, -0.2) is 18.9 Å². The van der Waals surface area contributed by atoms with E-state index in [4.69, 9.17) is 4.74 Å². The summed E-state index contributed by atoms with van der Waals surface area (Å²) in [4.78, 5) is 16.2. The van der Waals surface area contributed by atoms with Crippen LogP contribution in [-0.2, 0) is 4.74 Å². The number of rotatable bonds is 3. The van der Waals surface area contributed by atoms with Gasteiger partial charge in [0.15, 0.2) is 11.3 Å². The van der Waals surface area contributed by atoms with E-state index in [1.54, 1.807) is 43.5 Å². The Bertz CT molecular complexity index is 814. The van der Waals surface area contributed by atoms with E-state index in [9.17, 15) is 9.18 Å². The summed E-state index contributed by atoms with van der Waals surface area (Å²) in [7, 11) is 0. The number of carbonyl (C=O) groups excluding carboxylic acids is 1. The van der Waals surface area contributed by atoms with Gasteiger partial charge in [-0.05, 0) is 31.2 Å². The lowest BCUT2D eigenvalue weighted by atomic mass is 10.2. The van der Waals surface area contributed by atoms with Crippen LogP contribution in [0.4, 0.5) is 4.39 Å². The Balaban J connectivity index is 2.25. The number of nitrogens with zero attached hydrogens (tertiary/aromatic N) is 3. The fourth-order valence-electron chi connectivity index (χ4n) is 2.09. The third-order valence-corrected chi connectivity index (χ3v) is 2.99. The standard InChI is InChI=1S/C15H12FN3O2/c1-2-21-15(20)13-10-6-5-9-17-14(10)19(18-13)12-8-4-3-7-11(12)16/h3-9H,2H2,1H3. The van der Waals surface area contributed by atoms with Crippen molar-refractivity contribution in [2.24, 2.45) is 0 Å². The number of pyridine rings is 1. The van der Waals surface area contributed by atoms with Crippen LogP contribution in [0.3, 0.4) is 0 Å². The summed E-state index contributed by atoms with van der Waals surface area (Å²) in [6.45, 7) is 1.96. The smallest absolute Gasteiger partial charge is 0.359 e. The second-order valence-electron chi connectivity index (χ2n) is 4.31. The summed E-state index contributed by atoms with van der Waals surface area (Å²) in [6, 6.07) is 9.59. The molecular formula is C15H12FN3O2. The van der Waals surface area contributed by atoms with Crippen LogP contribution in [0.5, 0.6) is 0 Å². The van der Waals surface area contributed by atoms with Crippen molar-refractivity contribution in [1.29, 1.82) is 0 Å². The molecular weight excluding hydrogens is 273 g/mol. The normalized spacial score (nSPS) is 10.8. The van der Waals surface area contributed by atoms with E-state index in [0.717, 1.165) is 0 Å². The molecule has 106 valence electrons. The van der Waals surface area contributed by atoms with Crippen LogP contribution in [-0.4, -0.2) is 27.3 Å². The first kappa shape index (κ1) is 13.2. The van der Waals surface area contributed by atoms with E-state index in [2.05, 4.69) is 10.1 Å². The van der Waals surface area contributed by atoms with E-state index in [1.807, 2.05) is 0 Å². The summed E-state index contributed by atoms with van der Waals surface area (Å²) in [5.41, 5.74) is 0.769. The fourth-order valence-corrected chi connectivity index (χ4v) is 2.09. The number of hydrogen-bond acceptors (Lipinski definition) is 4. The van der Waals surface area contributed by atoms with Gasteiger partial charge in [0.2, 0.25) is 0 Å². The molecule has 0 spiro atoms. The predicted molar refractivity (Wildman–Crippen MR) is 74.8 cm³/mol. The highest BCUT2D eigenvalue weighted by molar-refractivity contribution is 6.01. The molecule has 0 N–H and O–H groups in total. The molecule has 3 aromatic rings. The molecule has 0 atom stereocenters. The molecule has 2 heterocycles. The maximum atomic E-state index is 14.0. The van der Waals surface area contributed by atoms with Crippen molar-refractivity contribution < 1.29 is 13.9 Å². The summed E-state index contributed by atoms with van der Waals surface area (Å²) in [6.07, 6.45) is 1.57. The first-order chi connectivity index (χ1) is 10.2. The van der Waals surface area contributed by atoms with Crippen LogP contribution < -0.4 is 0 Å². The van der Waals surface area contributed by atoms with Crippen molar-refractivity contribution in [3.63, 3.8) is 0 Å². The first-order valence-electron chi connectivity index (χ1n) is 6.48. The largest absolute Gasteiger partial charge is 0.461 e. The van der Waals surface area contributed by atoms with Gasteiger partial charge in [-0.1, -0.05) is 12.1 Å². The van der Waals surface area contributed by atoms with Crippen LogP contribution in [0, 0.1) is 5.82 Å². The van der Waals surface area contributed by atoms with Gasteiger partial charge in [-0.15, -0.1) is 0 Å². The minimum Gasteiger partial charge on any atom is -0.461 e. The zero-order valence-corrected chi connectivity index (χ0v) is 11.3. The second kappa shape index (κ2) is 5.32. The molecule has 0 unspecified atom stereocenters. The number of ether oxygens (including phenoxy) is 1. The molecule has 0 fully saturated rings. The fraction of sp³-hybridized carbons (Fsp3) is 0.133. The van der Waals surface area contributed by atoms with Crippen molar-refractivity contribution in [2.45, 2.75) is 6.92 Å². The van der Waals surface area contributed by atoms with Crippen molar-refractivity contribution in [2.75, 3.05) is 6.61 Å². The number of halogens is 1. The lowest BCUT2D eigenvalue weighted by molar-refractivity contribution is 0.0521. The third kappa shape index (κ3) is 2.24. The molecule has 5 nitrogen and oxygen atoms in total. The van der Waals surface area contributed by atoms with Gasteiger partial charge in [0, 0.05) is 6.20 Å². The molecule has 21 heavy (non-hydrogen) atoms. The number of benzene rings is 1. The average molecular weight is 285 g/mol. The number of para-hydroxylation sites is 1. The van der Waals surface area contributed by atoms with Crippen LogP contribution >= 0.6 is 0 Å². The lowest BCUT2D eigenvalue weighted by Crippen LogP contribution is -2.07. The topological polar surface area (TPSA) is 57.0 Å². The average Bonchev–Trinajstić information content (AvgIpc) is 2.88. The number of fused-ring (bicyclic) bond motifs is 1. The van der Waals surface area contributed by atoms with Gasteiger partial charge in [0.25, 0.3) is 0 Å². The lowest BCUT2D eigenvalue weighted by Gasteiger charge is -2.03. The van der Waals surface area contributed by atoms with Crippen LogP contribution in [0.2, 0.25) is 0 Å². The maximum Gasteiger partial charge on any atom is 0.359 e. The molecule has 0 amide bonds. The molecule has 0 aliphatic carbocycles. The quantitative estimate of drug-likeness (QED) is 0.694. The minimum atomic E-state index is -0.550. The van der Waals surface area contributed by atoms with E-state index in [-0.39, 0.29) is 18.0 Å². The maximum absolute atomic E-state index is 14.0. The number of aromatic nitrogens is 3. The summed E-state index contributed by atoms with van der Waals surface area (Å²) in [5.74, 6) is -0.992. The van der Waals surface area contributed by atoms with E-state index < -0.39 is 11.8 Å². The highest BCUT2D eigenvalue weighted by atomic mass is 19.1. The van der Waals surface area contributed by atoms with Crippen LogP contribution in [0.1, 0.15) is 17.4 Å². The minimum absolute atomic E-state index is 0.128. The zero-order valence-electron chi connectivity index (χ0n) is 11.3. The van der Waals surface area contributed by atoms with Gasteiger partial charge >= 0.3 is 5.97 Å². The van der Waals surface area contributed by atoms with Gasteiger partial charge in [-0.2, -0.15) is 5.10 Å². The molecule has 0 aliphatic rings. The highest BCUT2D eigenvalue weighted by Gasteiger charge is 2.20. The Kier molecular flexibility index (Phi) is 3.35. The molecule has 3 rings (SSSR count). The predicted octanol–water partition coefficient (Wildman–Crippen LogP) is 2.74. The monoisotopic (exact) mass is 285 g/mol. The SMILES string of the molecule is CCOC(=O)c1nn(-c2ccccc2F)c2ncccc12. The summed E-state index contributed by atoms with van der Waals surface area (Å²) < 4.78 is 20.3. The van der Waals surface area contributed by atoms with Gasteiger partial charge in [0.05, 0.1) is 12.0 Å². The molecule has 0 saturated carbocycles. The molecule has 0 radical (unpaired) electrons.